The van der Waals surface area contributed by atoms with E-state index in [1.165, 1.54) is 12.1 Å². The number of rotatable bonds is 6. The Hall–Kier alpha value is -3.15. The van der Waals surface area contributed by atoms with Crippen molar-refractivity contribution in [3.8, 4) is 17.1 Å². The summed E-state index contributed by atoms with van der Waals surface area (Å²) in [6.45, 7) is 4.08. The molecule has 0 bridgehead atoms. The predicted molar refractivity (Wildman–Crippen MR) is 93.4 cm³/mol. The number of ether oxygens (including phenoxy) is 2. The van der Waals surface area contributed by atoms with Gasteiger partial charge in [-0.15, -0.1) is 0 Å². The second-order valence-electron chi connectivity index (χ2n) is 5.60. The van der Waals surface area contributed by atoms with Crippen LogP contribution in [0.15, 0.2) is 53.1 Å². The van der Waals surface area contributed by atoms with E-state index in [4.69, 9.17) is 14.0 Å². The summed E-state index contributed by atoms with van der Waals surface area (Å²) < 4.78 is 29.2. The molecular formula is C20H18FNO4. The summed E-state index contributed by atoms with van der Waals surface area (Å²) in [7, 11) is 0. The second kappa shape index (κ2) is 7.82. The first-order valence-corrected chi connectivity index (χ1v) is 8.20. The van der Waals surface area contributed by atoms with Gasteiger partial charge in [0.25, 0.3) is 0 Å². The Bertz CT molecular complexity index is 902. The van der Waals surface area contributed by atoms with Gasteiger partial charge in [-0.25, -0.2) is 9.18 Å². The summed E-state index contributed by atoms with van der Waals surface area (Å²) in [5, 5.41) is 3.96. The van der Waals surface area contributed by atoms with Crippen molar-refractivity contribution in [2.75, 3.05) is 6.61 Å². The van der Waals surface area contributed by atoms with E-state index in [0.29, 0.717) is 34.9 Å². The zero-order chi connectivity index (χ0) is 18.5. The Kier molecular flexibility index (Phi) is 5.31. The molecule has 1 heterocycles. The maximum absolute atomic E-state index is 13.1. The summed E-state index contributed by atoms with van der Waals surface area (Å²) in [6.07, 6.45) is 0. The molecule has 0 amide bonds. The standard InChI is InChI=1S/C20H18FNO4/c1-3-24-18-7-5-4-6-16(18)20(23)25-12-17-13(2)19(26-22-17)14-8-10-15(21)11-9-14/h4-11H,3,12H2,1-2H3. The van der Waals surface area contributed by atoms with E-state index in [2.05, 4.69) is 5.16 Å². The molecule has 0 atom stereocenters. The largest absolute Gasteiger partial charge is 0.493 e. The van der Waals surface area contributed by atoms with Gasteiger partial charge in [-0.2, -0.15) is 0 Å². The maximum Gasteiger partial charge on any atom is 0.342 e. The van der Waals surface area contributed by atoms with Crippen LogP contribution in [0.3, 0.4) is 0 Å². The van der Waals surface area contributed by atoms with E-state index in [9.17, 15) is 9.18 Å². The SMILES string of the molecule is CCOc1ccccc1C(=O)OCc1noc(-c2ccc(F)cc2)c1C. The summed E-state index contributed by atoms with van der Waals surface area (Å²) in [6, 6.07) is 12.8. The fraction of sp³-hybridized carbons (Fsp3) is 0.200. The minimum atomic E-state index is -0.500. The van der Waals surface area contributed by atoms with Crippen LogP contribution in [0.5, 0.6) is 5.75 Å². The molecule has 0 aliphatic rings. The highest BCUT2D eigenvalue weighted by molar-refractivity contribution is 5.92. The number of hydrogen-bond acceptors (Lipinski definition) is 5. The average molecular weight is 355 g/mol. The highest BCUT2D eigenvalue weighted by Gasteiger charge is 2.18. The Morgan fingerprint density at radius 1 is 1.15 bits per heavy atom. The fourth-order valence-corrected chi connectivity index (χ4v) is 2.50. The average Bonchev–Trinajstić information content (AvgIpc) is 3.02. The van der Waals surface area contributed by atoms with Gasteiger partial charge in [0.15, 0.2) is 5.76 Å². The number of para-hydroxylation sites is 1. The molecule has 0 spiro atoms. The van der Waals surface area contributed by atoms with Crippen LogP contribution < -0.4 is 4.74 Å². The number of hydrogen-bond donors (Lipinski definition) is 0. The number of nitrogens with zero attached hydrogens (tertiary/aromatic N) is 1. The minimum Gasteiger partial charge on any atom is -0.493 e. The highest BCUT2D eigenvalue weighted by Crippen LogP contribution is 2.27. The maximum atomic E-state index is 13.1. The Morgan fingerprint density at radius 2 is 1.88 bits per heavy atom. The van der Waals surface area contributed by atoms with Crippen LogP contribution in [0.2, 0.25) is 0 Å². The Balaban J connectivity index is 1.73. The van der Waals surface area contributed by atoms with E-state index >= 15 is 0 Å². The molecule has 0 N–H and O–H groups in total. The number of halogens is 1. The van der Waals surface area contributed by atoms with Crippen molar-refractivity contribution in [1.29, 1.82) is 0 Å². The molecule has 0 fully saturated rings. The van der Waals surface area contributed by atoms with Crippen molar-refractivity contribution in [3.63, 3.8) is 0 Å². The zero-order valence-corrected chi connectivity index (χ0v) is 14.5. The van der Waals surface area contributed by atoms with Crippen molar-refractivity contribution in [2.24, 2.45) is 0 Å². The van der Waals surface area contributed by atoms with Crippen LogP contribution >= 0.6 is 0 Å². The lowest BCUT2D eigenvalue weighted by Crippen LogP contribution is -2.08. The van der Waals surface area contributed by atoms with Gasteiger partial charge in [0.05, 0.1) is 6.61 Å². The van der Waals surface area contributed by atoms with Crippen molar-refractivity contribution in [3.05, 3.63) is 71.2 Å². The topological polar surface area (TPSA) is 61.6 Å². The van der Waals surface area contributed by atoms with Crippen LogP contribution in [0.4, 0.5) is 4.39 Å². The lowest BCUT2D eigenvalue weighted by molar-refractivity contribution is 0.0459. The molecule has 134 valence electrons. The van der Waals surface area contributed by atoms with Crippen molar-refractivity contribution >= 4 is 5.97 Å². The fourth-order valence-electron chi connectivity index (χ4n) is 2.50. The summed E-state index contributed by atoms with van der Waals surface area (Å²) in [4.78, 5) is 12.3. The number of esters is 1. The van der Waals surface area contributed by atoms with E-state index in [1.807, 2.05) is 13.8 Å². The van der Waals surface area contributed by atoms with Crippen molar-refractivity contribution in [2.45, 2.75) is 20.5 Å². The number of carbonyl (C=O) groups is 1. The number of aromatic nitrogens is 1. The third kappa shape index (κ3) is 3.74. The molecule has 26 heavy (non-hydrogen) atoms. The monoisotopic (exact) mass is 355 g/mol. The van der Waals surface area contributed by atoms with Crippen LogP contribution in [0, 0.1) is 12.7 Å². The molecule has 5 nitrogen and oxygen atoms in total. The molecule has 0 saturated heterocycles. The van der Waals surface area contributed by atoms with Crippen LogP contribution in [-0.4, -0.2) is 17.7 Å². The second-order valence-corrected chi connectivity index (χ2v) is 5.60. The molecule has 6 heteroatoms. The smallest absolute Gasteiger partial charge is 0.342 e. The van der Waals surface area contributed by atoms with Crippen molar-refractivity contribution in [1.82, 2.24) is 5.16 Å². The van der Waals surface area contributed by atoms with E-state index in [-0.39, 0.29) is 12.4 Å². The molecule has 1 aromatic heterocycles. The van der Waals surface area contributed by atoms with Gasteiger partial charge in [0.2, 0.25) is 0 Å². The summed E-state index contributed by atoms with van der Waals surface area (Å²) in [5.74, 6) is 0.169. The normalized spacial score (nSPS) is 10.6. The van der Waals surface area contributed by atoms with Crippen LogP contribution in [-0.2, 0) is 11.3 Å². The number of benzene rings is 2. The molecular weight excluding hydrogens is 337 g/mol. The highest BCUT2D eigenvalue weighted by atomic mass is 19.1. The Morgan fingerprint density at radius 3 is 2.62 bits per heavy atom. The van der Waals surface area contributed by atoms with Gasteiger partial charge in [0, 0.05) is 11.1 Å². The van der Waals surface area contributed by atoms with Gasteiger partial charge >= 0.3 is 5.97 Å². The molecule has 0 aliphatic carbocycles. The minimum absolute atomic E-state index is 0.0319. The molecule has 0 aliphatic heterocycles. The first-order valence-electron chi connectivity index (χ1n) is 8.20. The zero-order valence-electron chi connectivity index (χ0n) is 14.5. The predicted octanol–water partition coefficient (Wildman–Crippen LogP) is 4.54. The van der Waals surface area contributed by atoms with Crippen LogP contribution in [0.25, 0.3) is 11.3 Å². The van der Waals surface area contributed by atoms with E-state index in [0.717, 1.165) is 5.56 Å². The van der Waals surface area contributed by atoms with Gasteiger partial charge in [-0.3, -0.25) is 0 Å². The lowest BCUT2D eigenvalue weighted by Gasteiger charge is -2.09. The summed E-state index contributed by atoms with van der Waals surface area (Å²) in [5.41, 5.74) is 2.30. The van der Waals surface area contributed by atoms with Gasteiger partial charge in [0.1, 0.15) is 29.4 Å². The first-order chi connectivity index (χ1) is 12.6. The third-order valence-corrected chi connectivity index (χ3v) is 3.87. The Labute approximate surface area is 150 Å². The molecule has 3 rings (SSSR count). The van der Waals surface area contributed by atoms with Gasteiger partial charge < -0.3 is 14.0 Å². The lowest BCUT2D eigenvalue weighted by atomic mass is 10.1. The molecule has 0 saturated carbocycles. The molecule has 3 aromatic rings. The van der Waals surface area contributed by atoms with Gasteiger partial charge in [-0.05, 0) is 50.2 Å². The van der Waals surface area contributed by atoms with Gasteiger partial charge in [-0.1, -0.05) is 17.3 Å². The third-order valence-electron chi connectivity index (χ3n) is 3.87. The molecule has 2 aromatic carbocycles. The molecule has 0 radical (unpaired) electrons. The summed E-state index contributed by atoms with van der Waals surface area (Å²) >= 11 is 0. The molecule has 0 unspecified atom stereocenters. The first kappa shape index (κ1) is 17.7. The van der Waals surface area contributed by atoms with Crippen LogP contribution in [0.1, 0.15) is 28.5 Å². The van der Waals surface area contributed by atoms with E-state index < -0.39 is 5.97 Å². The quantitative estimate of drug-likeness (QED) is 0.607. The van der Waals surface area contributed by atoms with Crippen molar-refractivity contribution < 1.29 is 23.2 Å². The number of carbonyl (C=O) groups excluding carboxylic acids is 1. The van der Waals surface area contributed by atoms with E-state index in [1.54, 1.807) is 36.4 Å².